The van der Waals surface area contributed by atoms with Gasteiger partial charge in [0.25, 0.3) is 0 Å². The molecule has 0 aromatic rings. The fourth-order valence-electron chi connectivity index (χ4n) is 2.55. The van der Waals surface area contributed by atoms with Crippen LogP contribution in [-0.2, 0) is 9.53 Å². The number of amides is 1. The molecule has 1 aliphatic heterocycles. The third kappa shape index (κ3) is 4.23. The predicted molar refractivity (Wildman–Crippen MR) is 72.5 cm³/mol. The number of piperidine rings is 1. The molecule has 5 heteroatoms. The van der Waals surface area contributed by atoms with Gasteiger partial charge in [-0.05, 0) is 26.3 Å². The molecule has 0 aromatic carbocycles. The van der Waals surface area contributed by atoms with Crippen molar-refractivity contribution in [3.05, 3.63) is 0 Å². The summed E-state index contributed by atoms with van der Waals surface area (Å²) in [7, 11) is 3.65. The van der Waals surface area contributed by atoms with Crippen molar-refractivity contribution >= 4 is 5.91 Å². The average Bonchev–Trinajstić information content (AvgIpc) is 2.38. The molecule has 0 saturated carbocycles. The van der Waals surface area contributed by atoms with Crippen LogP contribution in [0.2, 0.25) is 0 Å². The molecule has 0 radical (unpaired) electrons. The Hall–Kier alpha value is -0.650. The summed E-state index contributed by atoms with van der Waals surface area (Å²) in [6.07, 6.45) is 1.10. The van der Waals surface area contributed by atoms with E-state index in [2.05, 4.69) is 22.5 Å². The summed E-state index contributed by atoms with van der Waals surface area (Å²) in [4.78, 5) is 14.2. The maximum atomic E-state index is 12.0. The Kier molecular flexibility index (Phi) is 6.60. The van der Waals surface area contributed by atoms with Gasteiger partial charge in [-0.15, -0.1) is 0 Å². The van der Waals surface area contributed by atoms with E-state index in [1.807, 2.05) is 14.0 Å². The van der Waals surface area contributed by atoms with E-state index in [-0.39, 0.29) is 11.9 Å². The Bertz CT molecular complexity index is 261. The lowest BCUT2D eigenvalue weighted by Crippen LogP contribution is -2.54. The summed E-state index contributed by atoms with van der Waals surface area (Å²) in [5, 5.41) is 6.24. The van der Waals surface area contributed by atoms with Gasteiger partial charge in [-0.1, -0.05) is 6.92 Å². The van der Waals surface area contributed by atoms with Crippen molar-refractivity contribution in [1.29, 1.82) is 0 Å². The van der Waals surface area contributed by atoms with Crippen molar-refractivity contribution in [2.24, 2.45) is 5.92 Å². The van der Waals surface area contributed by atoms with Crippen LogP contribution in [-0.4, -0.2) is 63.3 Å². The van der Waals surface area contributed by atoms with E-state index in [0.29, 0.717) is 25.1 Å². The van der Waals surface area contributed by atoms with Gasteiger partial charge in [-0.25, -0.2) is 0 Å². The first-order valence-corrected chi connectivity index (χ1v) is 6.78. The smallest absolute Gasteiger partial charge is 0.237 e. The Morgan fingerprint density at radius 1 is 1.56 bits per heavy atom. The molecular formula is C13H27N3O2. The highest BCUT2D eigenvalue weighted by Gasteiger charge is 2.29. The fourth-order valence-corrected chi connectivity index (χ4v) is 2.55. The van der Waals surface area contributed by atoms with Crippen molar-refractivity contribution in [3.63, 3.8) is 0 Å². The van der Waals surface area contributed by atoms with E-state index >= 15 is 0 Å². The molecule has 18 heavy (non-hydrogen) atoms. The molecular weight excluding hydrogens is 230 g/mol. The van der Waals surface area contributed by atoms with Gasteiger partial charge in [0, 0.05) is 32.8 Å². The van der Waals surface area contributed by atoms with Crippen LogP contribution >= 0.6 is 0 Å². The minimum atomic E-state index is -0.0536. The van der Waals surface area contributed by atoms with Crippen LogP contribution in [0.25, 0.3) is 0 Å². The van der Waals surface area contributed by atoms with E-state index in [4.69, 9.17) is 4.74 Å². The Labute approximate surface area is 110 Å². The number of rotatable bonds is 6. The SMILES string of the molecule is CNC1CCN(C(C)C(=O)NCCOC)CC1C. The maximum absolute atomic E-state index is 12.0. The molecule has 0 spiro atoms. The molecule has 3 unspecified atom stereocenters. The molecule has 1 saturated heterocycles. The van der Waals surface area contributed by atoms with Crippen molar-refractivity contribution in [3.8, 4) is 0 Å². The van der Waals surface area contributed by atoms with Gasteiger partial charge in [0.2, 0.25) is 5.91 Å². The quantitative estimate of drug-likeness (QED) is 0.661. The molecule has 106 valence electrons. The lowest BCUT2D eigenvalue weighted by molar-refractivity contribution is -0.126. The minimum absolute atomic E-state index is 0.0536. The van der Waals surface area contributed by atoms with Gasteiger partial charge in [0.05, 0.1) is 12.6 Å². The summed E-state index contributed by atoms with van der Waals surface area (Å²) in [5.74, 6) is 0.681. The molecule has 1 heterocycles. The average molecular weight is 257 g/mol. The Morgan fingerprint density at radius 2 is 2.28 bits per heavy atom. The standard InChI is InChI=1S/C13H27N3O2/c1-10-9-16(7-5-12(10)14-3)11(2)13(17)15-6-8-18-4/h10-12,14H,5-9H2,1-4H3,(H,15,17). The number of hydrogen-bond acceptors (Lipinski definition) is 4. The van der Waals surface area contributed by atoms with Crippen LogP contribution in [0, 0.1) is 5.92 Å². The summed E-state index contributed by atoms with van der Waals surface area (Å²) < 4.78 is 4.93. The number of nitrogens with one attached hydrogen (secondary N) is 2. The number of methoxy groups -OCH3 is 1. The lowest BCUT2D eigenvalue weighted by Gasteiger charge is -2.39. The number of likely N-dealkylation sites (tertiary alicyclic amines) is 1. The van der Waals surface area contributed by atoms with Gasteiger partial charge in [0.15, 0.2) is 0 Å². The van der Waals surface area contributed by atoms with Crippen LogP contribution in [0.3, 0.4) is 0 Å². The molecule has 3 atom stereocenters. The van der Waals surface area contributed by atoms with Gasteiger partial charge < -0.3 is 15.4 Å². The monoisotopic (exact) mass is 257 g/mol. The van der Waals surface area contributed by atoms with E-state index in [0.717, 1.165) is 19.5 Å². The van der Waals surface area contributed by atoms with Crippen LogP contribution in [0.4, 0.5) is 0 Å². The first-order valence-electron chi connectivity index (χ1n) is 6.78. The second kappa shape index (κ2) is 7.71. The molecule has 0 bridgehead atoms. The van der Waals surface area contributed by atoms with Crippen molar-refractivity contribution in [2.75, 3.05) is 40.4 Å². The molecule has 1 rings (SSSR count). The summed E-state index contributed by atoms with van der Waals surface area (Å²) in [6, 6.07) is 0.520. The van der Waals surface area contributed by atoms with Gasteiger partial charge in [-0.2, -0.15) is 0 Å². The van der Waals surface area contributed by atoms with Crippen molar-refractivity contribution in [1.82, 2.24) is 15.5 Å². The topological polar surface area (TPSA) is 53.6 Å². The van der Waals surface area contributed by atoms with Crippen LogP contribution < -0.4 is 10.6 Å². The molecule has 0 aromatic heterocycles. The number of ether oxygens (including phenoxy) is 1. The highest BCUT2D eigenvalue weighted by atomic mass is 16.5. The van der Waals surface area contributed by atoms with E-state index in [1.165, 1.54) is 0 Å². The molecule has 0 aliphatic carbocycles. The number of carbonyl (C=O) groups excluding carboxylic acids is 1. The summed E-state index contributed by atoms with van der Waals surface area (Å²) >= 11 is 0. The predicted octanol–water partition coefficient (Wildman–Crippen LogP) is 0.0673. The highest BCUT2D eigenvalue weighted by molar-refractivity contribution is 5.81. The number of hydrogen-bond donors (Lipinski definition) is 2. The van der Waals surface area contributed by atoms with Gasteiger partial charge >= 0.3 is 0 Å². The first kappa shape index (κ1) is 15.4. The highest BCUT2D eigenvalue weighted by Crippen LogP contribution is 2.18. The number of nitrogens with zero attached hydrogens (tertiary/aromatic N) is 1. The van der Waals surface area contributed by atoms with Crippen molar-refractivity contribution < 1.29 is 9.53 Å². The Morgan fingerprint density at radius 3 is 2.83 bits per heavy atom. The summed E-state index contributed by atoms with van der Waals surface area (Å²) in [5.41, 5.74) is 0. The minimum Gasteiger partial charge on any atom is -0.383 e. The van der Waals surface area contributed by atoms with Crippen LogP contribution in [0.1, 0.15) is 20.3 Å². The molecule has 5 nitrogen and oxygen atoms in total. The van der Waals surface area contributed by atoms with Crippen molar-refractivity contribution in [2.45, 2.75) is 32.4 Å². The zero-order valence-electron chi connectivity index (χ0n) is 12.0. The largest absolute Gasteiger partial charge is 0.383 e. The summed E-state index contributed by atoms with van der Waals surface area (Å²) in [6.45, 7) is 7.33. The van der Waals surface area contributed by atoms with Gasteiger partial charge in [-0.3, -0.25) is 9.69 Å². The molecule has 1 aliphatic rings. The molecule has 1 fully saturated rings. The molecule has 2 N–H and O–H groups in total. The van der Waals surface area contributed by atoms with Gasteiger partial charge in [0.1, 0.15) is 0 Å². The third-order valence-electron chi connectivity index (χ3n) is 3.84. The first-order chi connectivity index (χ1) is 8.60. The second-order valence-corrected chi connectivity index (χ2v) is 5.12. The normalized spacial score (nSPS) is 26.9. The van der Waals surface area contributed by atoms with Crippen LogP contribution in [0.15, 0.2) is 0 Å². The van der Waals surface area contributed by atoms with Crippen LogP contribution in [0.5, 0.6) is 0 Å². The third-order valence-corrected chi connectivity index (χ3v) is 3.84. The zero-order valence-corrected chi connectivity index (χ0v) is 12.0. The molecule has 1 amide bonds. The van der Waals surface area contributed by atoms with E-state index in [1.54, 1.807) is 7.11 Å². The van der Waals surface area contributed by atoms with E-state index < -0.39 is 0 Å². The fraction of sp³-hybridized carbons (Fsp3) is 0.923. The number of carbonyl (C=O) groups is 1. The van der Waals surface area contributed by atoms with E-state index in [9.17, 15) is 4.79 Å². The maximum Gasteiger partial charge on any atom is 0.237 e. The Balaban J connectivity index is 2.38. The lowest BCUT2D eigenvalue weighted by atomic mass is 9.93. The second-order valence-electron chi connectivity index (χ2n) is 5.12. The zero-order chi connectivity index (χ0) is 13.5.